The van der Waals surface area contributed by atoms with Crippen LogP contribution in [0.4, 0.5) is 0 Å². The van der Waals surface area contributed by atoms with Gasteiger partial charge in [-0.2, -0.15) is 0 Å². The molecule has 0 aromatic heterocycles. The number of benzene rings is 2. The van der Waals surface area contributed by atoms with Crippen LogP contribution in [0.25, 0.3) is 6.08 Å². The number of methoxy groups -OCH3 is 2. The molecule has 1 N–H and O–H groups in total. The highest BCUT2D eigenvalue weighted by molar-refractivity contribution is 5.96. The summed E-state index contributed by atoms with van der Waals surface area (Å²) in [6.45, 7) is 0.893. The maximum Gasteiger partial charge on any atom is 0.247 e. The Morgan fingerprint density at radius 2 is 1.78 bits per heavy atom. The van der Waals surface area contributed by atoms with Crippen molar-refractivity contribution in [1.82, 2.24) is 10.2 Å². The van der Waals surface area contributed by atoms with Crippen molar-refractivity contribution in [1.29, 1.82) is 0 Å². The van der Waals surface area contributed by atoms with Gasteiger partial charge >= 0.3 is 0 Å². The van der Waals surface area contributed by atoms with Gasteiger partial charge in [-0.25, -0.2) is 0 Å². The molecule has 2 aromatic rings. The number of carbonyl (C=O) groups is 2. The molecule has 1 aliphatic heterocycles. The lowest BCUT2D eigenvalue weighted by Gasteiger charge is -2.34. The van der Waals surface area contributed by atoms with Crippen molar-refractivity contribution in [3.8, 4) is 11.5 Å². The lowest BCUT2D eigenvalue weighted by molar-refractivity contribution is -0.140. The zero-order valence-electron chi connectivity index (χ0n) is 15.3. The van der Waals surface area contributed by atoms with E-state index in [1.165, 1.54) is 6.08 Å². The number of piperazine rings is 1. The number of ether oxygens (including phenoxy) is 2. The van der Waals surface area contributed by atoms with Gasteiger partial charge in [0.2, 0.25) is 11.8 Å². The average Bonchev–Trinajstić information content (AvgIpc) is 2.72. The third-order valence-electron chi connectivity index (χ3n) is 4.40. The van der Waals surface area contributed by atoms with Crippen LogP contribution < -0.4 is 14.8 Å². The van der Waals surface area contributed by atoms with Crippen molar-refractivity contribution in [2.24, 2.45) is 0 Å². The first kappa shape index (κ1) is 18.5. The first-order chi connectivity index (χ1) is 13.1. The number of nitrogens with zero attached hydrogens (tertiary/aromatic N) is 1. The fraction of sp³-hybridized carbons (Fsp3) is 0.238. The van der Waals surface area contributed by atoms with Gasteiger partial charge in [0.05, 0.1) is 14.2 Å². The Kier molecular flexibility index (Phi) is 5.76. The molecule has 2 amide bonds. The minimum atomic E-state index is -0.628. The summed E-state index contributed by atoms with van der Waals surface area (Å²) in [4.78, 5) is 26.8. The van der Waals surface area contributed by atoms with Crippen molar-refractivity contribution in [3.63, 3.8) is 0 Å². The highest BCUT2D eigenvalue weighted by atomic mass is 16.5. The minimum Gasteiger partial charge on any atom is -0.497 e. The second kappa shape index (κ2) is 8.40. The summed E-state index contributed by atoms with van der Waals surface area (Å²) in [6, 6.07) is 14.1. The molecule has 0 aliphatic carbocycles. The Morgan fingerprint density at radius 1 is 1.11 bits per heavy atom. The molecule has 1 heterocycles. The zero-order chi connectivity index (χ0) is 19.2. The van der Waals surface area contributed by atoms with E-state index in [0.29, 0.717) is 24.6 Å². The van der Waals surface area contributed by atoms with Gasteiger partial charge in [-0.3, -0.25) is 9.59 Å². The van der Waals surface area contributed by atoms with E-state index in [-0.39, 0.29) is 11.8 Å². The molecular formula is C21H22N2O4. The van der Waals surface area contributed by atoms with Crippen LogP contribution in [-0.4, -0.2) is 44.0 Å². The van der Waals surface area contributed by atoms with Gasteiger partial charge in [-0.1, -0.05) is 30.3 Å². The number of hydrogen-bond donors (Lipinski definition) is 1. The van der Waals surface area contributed by atoms with E-state index < -0.39 is 6.04 Å². The molecule has 0 bridgehead atoms. The molecule has 6 nitrogen and oxygen atoms in total. The second-order valence-electron chi connectivity index (χ2n) is 6.12. The van der Waals surface area contributed by atoms with Crippen LogP contribution in [0.15, 0.2) is 54.6 Å². The monoisotopic (exact) mass is 366 g/mol. The Morgan fingerprint density at radius 3 is 2.41 bits per heavy atom. The zero-order valence-corrected chi connectivity index (χ0v) is 15.3. The largest absolute Gasteiger partial charge is 0.497 e. The number of rotatable bonds is 5. The van der Waals surface area contributed by atoms with E-state index >= 15 is 0 Å². The fourth-order valence-corrected chi connectivity index (χ4v) is 3.06. The Balaban J connectivity index is 1.83. The maximum atomic E-state index is 12.8. The lowest BCUT2D eigenvalue weighted by Crippen LogP contribution is -2.51. The van der Waals surface area contributed by atoms with Gasteiger partial charge in [-0.15, -0.1) is 0 Å². The van der Waals surface area contributed by atoms with Crippen molar-refractivity contribution in [2.45, 2.75) is 6.04 Å². The van der Waals surface area contributed by atoms with Crippen LogP contribution in [0.3, 0.4) is 0 Å². The lowest BCUT2D eigenvalue weighted by atomic mass is 10.0. The van der Waals surface area contributed by atoms with Crippen LogP contribution in [0.5, 0.6) is 11.5 Å². The molecule has 1 aliphatic rings. The molecule has 2 aromatic carbocycles. The Hall–Kier alpha value is -3.28. The van der Waals surface area contributed by atoms with Gasteiger partial charge in [-0.05, 0) is 29.3 Å². The maximum absolute atomic E-state index is 12.8. The Labute approximate surface area is 158 Å². The summed E-state index contributed by atoms with van der Waals surface area (Å²) >= 11 is 0. The van der Waals surface area contributed by atoms with E-state index in [9.17, 15) is 9.59 Å². The number of carbonyl (C=O) groups excluding carboxylic acids is 2. The molecular weight excluding hydrogens is 344 g/mol. The molecule has 0 unspecified atom stereocenters. The van der Waals surface area contributed by atoms with Crippen molar-refractivity contribution in [2.75, 3.05) is 27.3 Å². The minimum absolute atomic E-state index is 0.169. The van der Waals surface area contributed by atoms with Crippen LogP contribution >= 0.6 is 0 Å². The molecule has 0 saturated carbocycles. The predicted molar refractivity (Wildman–Crippen MR) is 102 cm³/mol. The summed E-state index contributed by atoms with van der Waals surface area (Å²) in [5, 5.41) is 2.83. The van der Waals surface area contributed by atoms with Crippen LogP contribution in [0, 0.1) is 0 Å². The second-order valence-corrected chi connectivity index (χ2v) is 6.12. The SMILES string of the molecule is COc1cc(/C=C\C(=O)N2CCNC(=O)[C@H]2c2ccccc2)cc(OC)c1. The first-order valence-electron chi connectivity index (χ1n) is 8.67. The Bertz CT molecular complexity index is 826. The highest BCUT2D eigenvalue weighted by Crippen LogP contribution is 2.25. The van der Waals surface area contributed by atoms with Crippen LogP contribution in [-0.2, 0) is 9.59 Å². The molecule has 6 heteroatoms. The van der Waals surface area contributed by atoms with E-state index in [1.807, 2.05) is 42.5 Å². The molecule has 27 heavy (non-hydrogen) atoms. The summed E-state index contributed by atoms with van der Waals surface area (Å²) in [6.07, 6.45) is 3.17. The van der Waals surface area contributed by atoms with Crippen molar-refractivity contribution < 1.29 is 19.1 Å². The standard InChI is InChI=1S/C21H22N2O4/c1-26-17-12-15(13-18(14-17)27-2)8-9-19(24)23-11-10-22-21(25)20(23)16-6-4-3-5-7-16/h3-9,12-14,20H,10-11H2,1-2H3,(H,22,25)/b9-8-/t20-/m1/s1. The molecule has 1 saturated heterocycles. The quantitative estimate of drug-likeness (QED) is 0.826. The van der Waals surface area contributed by atoms with Gasteiger partial charge in [0.1, 0.15) is 17.5 Å². The van der Waals surface area contributed by atoms with Gasteiger partial charge in [0.25, 0.3) is 0 Å². The fourth-order valence-electron chi connectivity index (χ4n) is 3.06. The summed E-state index contributed by atoms with van der Waals surface area (Å²) in [5.74, 6) is 0.889. The van der Waals surface area contributed by atoms with Crippen molar-refractivity contribution in [3.05, 3.63) is 65.7 Å². The van der Waals surface area contributed by atoms with E-state index in [0.717, 1.165) is 11.1 Å². The number of nitrogens with one attached hydrogen (secondary N) is 1. The van der Waals surface area contributed by atoms with E-state index in [2.05, 4.69) is 5.32 Å². The van der Waals surface area contributed by atoms with E-state index in [4.69, 9.17) is 9.47 Å². The highest BCUT2D eigenvalue weighted by Gasteiger charge is 2.33. The molecule has 1 fully saturated rings. The van der Waals surface area contributed by atoms with Gasteiger partial charge < -0.3 is 19.7 Å². The average molecular weight is 366 g/mol. The van der Waals surface area contributed by atoms with Crippen molar-refractivity contribution >= 4 is 17.9 Å². The molecule has 3 rings (SSSR count). The van der Waals surface area contributed by atoms with Crippen LogP contribution in [0.1, 0.15) is 17.2 Å². The smallest absolute Gasteiger partial charge is 0.247 e. The predicted octanol–water partition coefficient (Wildman–Crippen LogP) is 2.42. The first-order valence-corrected chi connectivity index (χ1v) is 8.67. The van der Waals surface area contributed by atoms with Crippen LogP contribution in [0.2, 0.25) is 0 Å². The molecule has 0 radical (unpaired) electrons. The van der Waals surface area contributed by atoms with Gasteiger partial charge in [0, 0.05) is 25.2 Å². The summed E-state index contributed by atoms with van der Waals surface area (Å²) in [5.41, 5.74) is 1.57. The molecule has 140 valence electrons. The number of amides is 2. The normalized spacial score (nSPS) is 16.9. The molecule has 1 atom stereocenters. The van der Waals surface area contributed by atoms with Gasteiger partial charge in [0.15, 0.2) is 0 Å². The third-order valence-corrected chi connectivity index (χ3v) is 4.40. The summed E-state index contributed by atoms with van der Waals surface area (Å²) < 4.78 is 10.5. The summed E-state index contributed by atoms with van der Waals surface area (Å²) in [7, 11) is 3.15. The topological polar surface area (TPSA) is 67.9 Å². The number of hydrogen-bond acceptors (Lipinski definition) is 4. The molecule has 0 spiro atoms. The third kappa shape index (κ3) is 4.28. The van der Waals surface area contributed by atoms with E-state index in [1.54, 1.807) is 31.3 Å².